The number of amides is 1. The van der Waals surface area contributed by atoms with Gasteiger partial charge in [-0.15, -0.1) is 5.10 Å². The predicted molar refractivity (Wildman–Crippen MR) is 82.2 cm³/mol. The number of aliphatic carboxylic acids is 1. The number of para-hydroxylation sites is 1. The van der Waals surface area contributed by atoms with Crippen LogP contribution in [0.3, 0.4) is 0 Å². The van der Waals surface area contributed by atoms with Crippen LogP contribution in [0.1, 0.15) is 30.3 Å². The van der Waals surface area contributed by atoms with E-state index in [1.165, 1.54) is 0 Å². The highest BCUT2D eigenvalue weighted by molar-refractivity contribution is 5.92. The molecule has 1 atom stereocenters. The molecule has 1 aliphatic rings. The van der Waals surface area contributed by atoms with Crippen molar-refractivity contribution >= 4 is 11.9 Å². The first-order chi connectivity index (χ1) is 11.1. The summed E-state index contributed by atoms with van der Waals surface area (Å²) in [6.07, 6.45) is 3.40. The second-order valence-corrected chi connectivity index (χ2v) is 5.81. The van der Waals surface area contributed by atoms with Crippen LogP contribution in [-0.2, 0) is 4.79 Å². The molecule has 0 aliphatic heterocycles. The minimum Gasteiger partial charge on any atom is -0.481 e. The zero-order chi connectivity index (χ0) is 16.4. The number of carbonyl (C=O) groups is 2. The number of hydrogen-bond donors (Lipinski definition) is 1. The Hall–Kier alpha value is -2.70. The molecule has 1 fully saturated rings. The van der Waals surface area contributed by atoms with Crippen molar-refractivity contribution in [3.05, 3.63) is 42.2 Å². The topological polar surface area (TPSA) is 88.3 Å². The Kier molecular flexibility index (Phi) is 4.10. The van der Waals surface area contributed by atoms with E-state index < -0.39 is 11.9 Å². The quantitative estimate of drug-likeness (QED) is 0.875. The van der Waals surface area contributed by atoms with Crippen LogP contribution in [0.2, 0.25) is 0 Å². The molecule has 1 aromatic carbocycles. The van der Waals surface area contributed by atoms with Gasteiger partial charge in [0.1, 0.15) is 0 Å². The molecule has 0 spiro atoms. The highest BCUT2D eigenvalue weighted by Gasteiger charge is 2.36. The highest BCUT2D eigenvalue weighted by atomic mass is 16.4. The van der Waals surface area contributed by atoms with Crippen LogP contribution in [0.4, 0.5) is 0 Å². The summed E-state index contributed by atoms with van der Waals surface area (Å²) < 4.78 is 1.54. The normalized spacial score (nSPS) is 15.2. The van der Waals surface area contributed by atoms with Gasteiger partial charge in [0, 0.05) is 12.6 Å². The van der Waals surface area contributed by atoms with Crippen LogP contribution in [0.5, 0.6) is 0 Å². The van der Waals surface area contributed by atoms with Crippen LogP contribution < -0.4 is 0 Å². The molecule has 0 bridgehead atoms. The second kappa shape index (κ2) is 6.20. The van der Waals surface area contributed by atoms with Gasteiger partial charge < -0.3 is 10.0 Å². The van der Waals surface area contributed by atoms with Gasteiger partial charge in [0.2, 0.25) is 0 Å². The molecule has 1 heterocycles. The first-order valence-corrected chi connectivity index (χ1v) is 7.58. The van der Waals surface area contributed by atoms with Gasteiger partial charge in [-0.3, -0.25) is 9.59 Å². The lowest BCUT2D eigenvalue weighted by Gasteiger charge is -2.23. The number of carboxylic acids is 1. The van der Waals surface area contributed by atoms with E-state index in [0.717, 1.165) is 18.5 Å². The van der Waals surface area contributed by atoms with E-state index in [4.69, 9.17) is 5.11 Å². The van der Waals surface area contributed by atoms with Crippen molar-refractivity contribution in [2.24, 2.45) is 5.92 Å². The maximum atomic E-state index is 12.6. The second-order valence-electron chi connectivity index (χ2n) is 5.81. The average molecular weight is 314 g/mol. The van der Waals surface area contributed by atoms with Crippen molar-refractivity contribution in [2.45, 2.75) is 25.8 Å². The van der Waals surface area contributed by atoms with E-state index >= 15 is 0 Å². The van der Waals surface area contributed by atoms with Crippen LogP contribution in [0, 0.1) is 5.92 Å². The summed E-state index contributed by atoms with van der Waals surface area (Å²) in [6, 6.07) is 9.51. The van der Waals surface area contributed by atoms with Gasteiger partial charge in [0.25, 0.3) is 5.91 Å². The summed E-state index contributed by atoms with van der Waals surface area (Å²) in [7, 11) is 0. The molecule has 1 aliphatic carbocycles. The summed E-state index contributed by atoms with van der Waals surface area (Å²) in [5.41, 5.74) is 1.05. The third kappa shape index (κ3) is 3.39. The summed E-state index contributed by atoms with van der Waals surface area (Å²) in [5.74, 6) is -1.78. The van der Waals surface area contributed by atoms with E-state index in [2.05, 4.69) is 10.3 Å². The molecule has 0 radical (unpaired) electrons. The van der Waals surface area contributed by atoms with Gasteiger partial charge in [-0.1, -0.05) is 30.3 Å². The molecule has 7 heteroatoms. The fourth-order valence-electron chi connectivity index (χ4n) is 2.37. The first-order valence-electron chi connectivity index (χ1n) is 7.58. The minimum absolute atomic E-state index is 0.117. The van der Waals surface area contributed by atoms with Crippen molar-refractivity contribution < 1.29 is 14.7 Å². The standard InChI is InChI=1S/C16H18N4O3/c1-11(16(22)23)9-19(12-7-8-12)15(21)14-10-20(18-17-14)13-5-3-2-4-6-13/h2-6,10-12H,7-9H2,1H3,(H,22,23). The van der Waals surface area contributed by atoms with Gasteiger partial charge in [0.05, 0.1) is 17.8 Å². The van der Waals surface area contributed by atoms with Crippen molar-refractivity contribution in [2.75, 3.05) is 6.54 Å². The lowest BCUT2D eigenvalue weighted by atomic mass is 10.1. The van der Waals surface area contributed by atoms with Gasteiger partial charge in [-0.05, 0) is 25.0 Å². The maximum absolute atomic E-state index is 12.6. The van der Waals surface area contributed by atoms with Crippen molar-refractivity contribution in [1.29, 1.82) is 0 Å². The molecule has 1 amide bonds. The molecule has 1 unspecified atom stereocenters. The lowest BCUT2D eigenvalue weighted by Crippen LogP contribution is -2.38. The Morgan fingerprint density at radius 1 is 1.35 bits per heavy atom. The van der Waals surface area contributed by atoms with Gasteiger partial charge in [-0.25, -0.2) is 4.68 Å². The number of nitrogens with zero attached hydrogens (tertiary/aromatic N) is 4. The number of aromatic nitrogens is 3. The van der Waals surface area contributed by atoms with Gasteiger partial charge in [-0.2, -0.15) is 0 Å². The molecule has 3 rings (SSSR count). The van der Waals surface area contributed by atoms with Gasteiger partial charge in [0.15, 0.2) is 5.69 Å². The molecule has 1 aromatic heterocycles. The van der Waals surface area contributed by atoms with Crippen LogP contribution in [-0.4, -0.2) is 49.5 Å². The number of benzene rings is 1. The number of hydrogen-bond acceptors (Lipinski definition) is 4. The lowest BCUT2D eigenvalue weighted by molar-refractivity contribution is -0.141. The van der Waals surface area contributed by atoms with Crippen molar-refractivity contribution in [3.63, 3.8) is 0 Å². The van der Waals surface area contributed by atoms with Crippen LogP contribution >= 0.6 is 0 Å². The Morgan fingerprint density at radius 2 is 2.04 bits per heavy atom. The Morgan fingerprint density at radius 3 is 2.65 bits per heavy atom. The number of carboxylic acid groups (broad SMARTS) is 1. The Bertz CT molecular complexity index is 709. The van der Waals surface area contributed by atoms with E-state index in [1.807, 2.05) is 30.3 Å². The third-order valence-electron chi connectivity index (χ3n) is 3.87. The van der Waals surface area contributed by atoms with Crippen LogP contribution in [0.25, 0.3) is 5.69 Å². The molecular formula is C16H18N4O3. The number of carbonyl (C=O) groups excluding carboxylic acids is 1. The molecular weight excluding hydrogens is 296 g/mol. The summed E-state index contributed by atoms with van der Waals surface area (Å²) in [6.45, 7) is 1.79. The maximum Gasteiger partial charge on any atom is 0.308 e. The zero-order valence-electron chi connectivity index (χ0n) is 12.8. The highest BCUT2D eigenvalue weighted by Crippen LogP contribution is 2.29. The minimum atomic E-state index is -0.906. The van der Waals surface area contributed by atoms with Crippen LogP contribution in [0.15, 0.2) is 36.5 Å². The van der Waals surface area contributed by atoms with E-state index in [9.17, 15) is 9.59 Å². The fraction of sp³-hybridized carbons (Fsp3) is 0.375. The Labute approximate surface area is 133 Å². The largest absolute Gasteiger partial charge is 0.481 e. The summed E-state index contributed by atoms with van der Waals surface area (Å²) in [4.78, 5) is 25.3. The van der Waals surface area contributed by atoms with Crippen molar-refractivity contribution in [1.82, 2.24) is 19.9 Å². The van der Waals surface area contributed by atoms with Gasteiger partial charge >= 0.3 is 5.97 Å². The first kappa shape index (κ1) is 15.2. The van der Waals surface area contributed by atoms with E-state index in [1.54, 1.807) is 22.7 Å². The molecule has 1 saturated carbocycles. The number of rotatable bonds is 6. The monoisotopic (exact) mass is 314 g/mol. The molecule has 23 heavy (non-hydrogen) atoms. The third-order valence-corrected chi connectivity index (χ3v) is 3.87. The molecule has 120 valence electrons. The van der Waals surface area contributed by atoms with E-state index in [-0.39, 0.29) is 24.2 Å². The summed E-state index contributed by atoms with van der Waals surface area (Å²) >= 11 is 0. The zero-order valence-corrected chi connectivity index (χ0v) is 12.8. The SMILES string of the molecule is CC(CN(C(=O)c1cn(-c2ccccc2)nn1)C1CC1)C(=O)O. The fourth-order valence-corrected chi connectivity index (χ4v) is 2.37. The molecule has 7 nitrogen and oxygen atoms in total. The molecule has 2 aromatic rings. The van der Waals surface area contributed by atoms with E-state index in [0.29, 0.717) is 0 Å². The predicted octanol–water partition coefficient (Wildman–Crippen LogP) is 1.59. The average Bonchev–Trinajstić information content (AvgIpc) is 3.28. The van der Waals surface area contributed by atoms with Crippen molar-refractivity contribution in [3.8, 4) is 5.69 Å². The molecule has 1 N–H and O–H groups in total. The smallest absolute Gasteiger partial charge is 0.308 e. The molecule has 0 saturated heterocycles. The summed E-state index contributed by atoms with van der Waals surface area (Å²) in [5, 5.41) is 17.0. The Balaban J connectivity index is 1.78.